The van der Waals surface area contributed by atoms with E-state index in [2.05, 4.69) is 10.6 Å². The van der Waals surface area contributed by atoms with Gasteiger partial charge in [0.25, 0.3) is 0 Å². The van der Waals surface area contributed by atoms with Crippen LogP contribution in [0.3, 0.4) is 0 Å². The van der Waals surface area contributed by atoms with Crippen molar-refractivity contribution >= 4 is 21.8 Å². The van der Waals surface area contributed by atoms with Gasteiger partial charge in [0.15, 0.2) is 0 Å². The van der Waals surface area contributed by atoms with Gasteiger partial charge in [-0.1, -0.05) is 12.1 Å². The van der Waals surface area contributed by atoms with Gasteiger partial charge in [0.05, 0.1) is 25.0 Å². The molecule has 10 heteroatoms. The zero-order valence-corrected chi connectivity index (χ0v) is 20.4. The predicted octanol–water partition coefficient (Wildman–Crippen LogP) is 1.93. The van der Waals surface area contributed by atoms with E-state index < -0.39 is 22.0 Å². The third kappa shape index (κ3) is 6.27. The summed E-state index contributed by atoms with van der Waals surface area (Å²) in [5.74, 6) is 0.0665. The number of sulfonamides is 1. The van der Waals surface area contributed by atoms with Crippen LogP contribution in [0.25, 0.3) is 0 Å². The lowest BCUT2D eigenvalue weighted by Crippen LogP contribution is -2.50. The number of hydrogen-bond acceptors (Lipinski definition) is 6. The second kappa shape index (κ2) is 11.3. The normalized spacial score (nSPS) is 17.4. The van der Waals surface area contributed by atoms with Gasteiger partial charge in [0.1, 0.15) is 17.5 Å². The molecule has 2 aromatic carbocycles. The van der Waals surface area contributed by atoms with Crippen molar-refractivity contribution in [2.45, 2.75) is 37.2 Å². The highest BCUT2D eigenvalue weighted by Crippen LogP contribution is 2.25. The summed E-state index contributed by atoms with van der Waals surface area (Å²) < 4.78 is 37.7. The molecule has 34 heavy (non-hydrogen) atoms. The van der Waals surface area contributed by atoms with Crippen molar-refractivity contribution in [1.29, 1.82) is 0 Å². The number of carbonyl (C=O) groups is 2. The molecule has 0 aromatic heterocycles. The molecule has 0 aliphatic carbocycles. The van der Waals surface area contributed by atoms with Crippen LogP contribution in [0.2, 0.25) is 0 Å². The standard InChI is InChI=1S/C24H31N3O6S/c1-17(23(28)25-15-18-6-4-8-21(14-18)33-3)26-24(29)19-7-5-13-27(16-19)34(30,31)22-11-9-20(32-2)10-12-22/h4,6,8-12,14,17,19H,5,7,13,15-16H2,1-3H3,(H,25,28)(H,26,29)/t17-,19?/m1/s1. The first-order valence-electron chi connectivity index (χ1n) is 11.1. The Kier molecular flexibility index (Phi) is 8.51. The maximum atomic E-state index is 13.0. The van der Waals surface area contributed by atoms with Crippen LogP contribution in [0.4, 0.5) is 0 Å². The monoisotopic (exact) mass is 489 g/mol. The lowest BCUT2D eigenvalue weighted by Gasteiger charge is -2.31. The fraction of sp³-hybridized carbons (Fsp3) is 0.417. The lowest BCUT2D eigenvalue weighted by molar-refractivity contribution is -0.131. The van der Waals surface area contributed by atoms with E-state index in [1.54, 1.807) is 26.2 Å². The summed E-state index contributed by atoms with van der Waals surface area (Å²) in [5, 5.41) is 5.52. The molecule has 0 spiro atoms. The second-order valence-electron chi connectivity index (χ2n) is 8.18. The van der Waals surface area contributed by atoms with Crippen LogP contribution in [-0.2, 0) is 26.2 Å². The first-order valence-corrected chi connectivity index (χ1v) is 12.5. The Hall–Kier alpha value is -3.11. The minimum atomic E-state index is -3.74. The topological polar surface area (TPSA) is 114 Å². The third-order valence-corrected chi connectivity index (χ3v) is 7.68. The van der Waals surface area contributed by atoms with Crippen LogP contribution in [0.1, 0.15) is 25.3 Å². The van der Waals surface area contributed by atoms with E-state index in [-0.39, 0.29) is 23.3 Å². The molecular weight excluding hydrogens is 458 g/mol. The summed E-state index contributed by atoms with van der Waals surface area (Å²) in [4.78, 5) is 25.4. The third-order valence-electron chi connectivity index (χ3n) is 5.81. The van der Waals surface area contributed by atoms with Crippen molar-refractivity contribution in [3.8, 4) is 11.5 Å². The molecule has 2 N–H and O–H groups in total. The molecule has 3 rings (SSSR count). The molecule has 184 valence electrons. The van der Waals surface area contributed by atoms with Gasteiger partial charge in [0, 0.05) is 19.6 Å². The highest BCUT2D eigenvalue weighted by molar-refractivity contribution is 7.89. The molecule has 1 unspecified atom stereocenters. The average Bonchev–Trinajstić information content (AvgIpc) is 2.87. The Morgan fingerprint density at radius 2 is 1.79 bits per heavy atom. The van der Waals surface area contributed by atoms with Crippen molar-refractivity contribution in [1.82, 2.24) is 14.9 Å². The lowest BCUT2D eigenvalue weighted by atomic mass is 9.98. The number of ether oxygens (including phenoxy) is 2. The van der Waals surface area contributed by atoms with E-state index in [0.29, 0.717) is 37.4 Å². The van der Waals surface area contributed by atoms with Gasteiger partial charge in [-0.15, -0.1) is 0 Å². The zero-order chi connectivity index (χ0) is 24.7. The number of amides is 2. The number of nitrogens with zero attached hydrogens (tertiary/aromatic N) is 1. The number of carbonyl (C=O) groups excluding carboxylic acids is 2. The van der Waals surface area contributed by atoms with Gasteiger partial charge in [-0.05, 0) is 61.7 Å². The Balaban J connectivity index is 1.55. The minimum absolute atomic E-state index is 0.0678. The molecule has 1 saturated heterocycles. The molecular formula is C24H31N3O6S. The van der Waals surface area contributed by atoms with Crippen LogP contribution < -0.4 is 20.1 Å². The molecule has 0 saturated carbocycles. The summed E-state index contributed by atoms with van der Waals surface area (Å²) in [7, 11) is -0.650. The zero-order valence-electron chi connectivity index (χ0n) is 19.6. The largest absolute Gasteiger partial charge is 0.497 e. The van der Waals surface area contributed by atoms with E-state index in [4.69, 9.17) is 9.47 Å². The smallest absolute Gasteiger partial charge is 0.243 e. The maximum Gasteiger partial charge on any atom is 0.243 e. The number of nitrogens with one attached hydrogen (secondary N) is 2. The van der Waals surface area contributed by atoms with Crippen LogP contribution in [0, 0.1) is 5.92 Å². The fourth-order valence-electron chi connectivity index (χ4n) is 3.79. The van der Waals surface area contributed by atoms with Crippen molar-refractivity contribution in [3.63, 3.8) is 0 Å². The number of methoxy groups -OCH3 is 2. The molecule has 1 aliphatic rings. The molecule has 0 radical (unpaired) electrons. The fourth-order valence-corrected chi connectivity index (χ4v) is 5.32. The first-order chi connectivity index (χ1) is 16.2. The number of piperidine rings is 1. The number of rotatable bonds is 9. The summed E-state index contributed by atoms with van der Waals surface area (Å²) >= 11 is 0. The van der Waals surface area contributed by atoms with Crippen molar-refractivity contribution in [2.24, 2.45) is 5.92 Å². The molecule has 9 nitrogen and oxygen atoms in total. The first kappa shape index (κ1) is 25.5. The van der Waals surface area contributed by atoms with Gasteiger partial charge in [-0.3, -0.25) is 9.59 Å². The van der Waals surface area contributed by atoms with Gasteiger partial charge in [-0.25, -0.2) is 8.42 Å². The SMILES string of the molecule is COc1ccc(S(=O)(=O)N2CCCC(C(=O)N[C@H](C)C(=O)NCc3cccc(OC)c3)C2)cc1. The van der Waals surface area contributed by atoms with Gasteiger partial charge >= 0.3 is 0 Å². The Morgan fingerprint density at radius 3 is 2.47 bits per heavy atom. The van der Waals surface area contributed by atoms with E-state index in [1.165, 1.54) is 23.5 Å². The molecule has 2 atom stereocenters. The van der Waals surface area contributed by atoms with Gasteiger partial charge in [0.2, 0.25) is 21.8 Å². The summed E-state index contributed by atoms with van der Waals surface area (Å²) in [5.41, 5.74) is 0.873. The predicted molar refractivity (Wildman–Crippen MR) is 127 cm³/mol. The number of hydrogen-bond donors (Lipinski definition) is 2. The Labute approximate surface area is 200 Å². The quantitative estimate of drug-likeness (QED) is 0.556. The van der Waals surface area contributed by atoms with E-state index in [9.17, 15) is 18.0 Å². The number of benzene rings is 2. The van der Waals surface area contributed by atoms with E-state index in [1.807, 2.05) is 24.3 Å². The molecule has 2 amide bonds. The van der Waals surface area contributed by atoms with Crippen molar-refractivity contribution in [2.75, 3.05) is 27.3 Å². The molecule has 2 aromatic rings. The second-order valence-corrected chi connectivity index (χ2v) is 10.1. The summed E-state index contributed by atoms with van der Waals surface area (Å²) in [6.45, 7) is 2.31. The molecule has 1 aliphatic heterocycles. The van der Waals surface area contributed by atoms with Crippen molar-refractivity contribution in [3.05, 3.63) is 54.1 Å². The molecule has 1 heterocycles. The summed E-state index contributed by atoms with van der Waals surface area (Å²) in [6, 6.07) is 12.7. The van der Waals surface area contributed by atoms with Crippen LogP contribution in [0.15, 0.2) is 53.4 Å². The van der Waals surface area contributed by atoms with E-state index in [0.717, 1.165) is 5.56 Å². The average molecular weight is 490 g/mol. The Morgan fingerprint density at radius 1 is 1.09 bits per heavy atom. The Bertz CT molecular complexity index is 1100. The van der Waals surface area contributed by atoms with Gasteiger partial charge < -0.3 is 20.1 Å². The van der Waals surface area contributed by atoms with Crippen LogP contribution in [0.5, 0.6) is 11.5 Å². The van der Waals surface area contributed by atoms with Gasteiger partial charge in [-0.2, -0.15) is 4.31 Å². The van der Waals surface area contributed by atoms with Crippen LogP contribution >= 0.6 is 0 Å². The minimum Gasteiger partial charge on any atom is -0.497 e. The maximum absolute atomic E-state index is 13.0. The highest BCUT2D eigenvalue weighted by atomic mass is 32.2. The van der Waals surface area contributed by atoms with Crippen molar-refractivity contribution < 1.29 is 27.5 Å². The molecule has 1 fully saturated rings. The highest BCUT2D eigenvalue weighted by Gasteiger charge is 2.34. The summed E-state index contributed by atoms with van der Waals surface area (Å²) in [6.07, 6.45) is 1.11. The van der Waals surface area contributed by atoms with Crippen LogP contribution in [-0.4, -0.2) is 57.9 Å². The molecule has 0 bridgehead atoms. The van der Waals surface area contributed by atoms with E-state index >= 15 is 0 Å².